The Labute approximate surface area is 207 Å². The maximum atomic E-state index is 13.0. The average molecular weight is 506 g/mol. The first-order chi connectivity index (χ1) is 15.7. The van der Waals surface area contributed by atoms with Gasteiger partial charge in [0.2, 0.25) is 5.91 Å². The van der Waals surface area contributed by atoms with E-state index in [9.17, 15) is 14.4 Å². The van der Waals surface area contributed by atoms with Crippen LogP contribution in [0.25, 0.3) is 11.8 Å². The molecule has 0 aliphatic carbocycles. The van der Waals surface area contributed by atoms with Gasteiger partial charge in [-0.05, 0) is 80.3 Å². The van der Waals surface area contributed by atoms with Crippen molar-refractivity contribution in [2.75, 3.05) is 19.6 Å². The van der Waals surface area contributed by atoms with Gasteiger partial charge in [0.25, 0.3) is 11.1 Å². The Morgan fingerprint density at radius 2 is 1.82 bits per heavy atom. The highest BCUT2D eigenvalue weighted by Crippen LogP contribution is 2.34. The molecule has 0 unspecified atom stereocenters. The summed E-state index contributed by atoms with van der Waals surface area (Å²) in [5, 5.41) is 0.519. The summed E-state index contributed by atoms with van der Waals surface area (Å²) in [5.41, 5.74) is 3.52. The van der Waals surface area contributed by atoms with E-state index in [0.29, 0.717) is 34.0 Å². The Balaban J connectivity index is 1.54. The number of benzene rings is 1. The van der Waals surface area contributed by atoms with Crippen LogP contribution in [0.5, 0.6) is 0 Å². The highest BCUT2D eigenvalue weighted by Gasteiger charge is 2.37. The number of carbonyl (C=O) groups is 3. The lowest BCUT2D eigenvalue weighted by atomic mass is 9.99. The van der Waals surface area contributed by atoms with Crippen molar-refractivity contribution < 1.29 is 14.4 Å². The van der Waals surface area contributed by atoms with Gasteiger partial charge >= 0.3 is 0 Å². The number of piperidine rings is 1. The van der Waals surface area contributed by atoms with Gasteiger partial charge in [0.05, 0.1) is 15.0 Å². The van der Waals surface area contributed by atoms with E-state index in [0.717, 1.165) is 52.1 Å². The van der Waals surface area contributed by atoms with Crippen molar-refractivity contribution in [3.05, 3.63) is 56.2 Å². The van der Waals surface area contributed by atoms with Gasteiger partial charge in [-0.2, -0.15) is 0 Å². The van der Waals surface area contributed by atoms with E-state index in [1.54, 1.807) is 23.1 Å². The molecule has 3 heterocycles. The van der Waals surface area contributed by atoms with Gasteiger partial charge in [0, 0.05) is 30.2 Å². The van der Waals surface area contributed by atoms with Crippen LogP contribution in [0.2, 0.25) is 10.0 Å². The quantitative estimate of drug-likeness (QED) is 0.500. The minimum atomic E-state index is -0.428. The molecule has 1 aromatic carbocycles. The zero-order valence-electron chi connectivity index (χ0n) is 18.7. The molecule has 174 valence electrons. The number of aromatic nitrogens is 1. The van der Waals surface area contributed by atoms with Crippen LogP contribution < -0.4 is 0 Å². The second-order valence-corrected chi connectivity index (χ2v) is 10.4. The fourth-order valence-corrected chi connectivity index (χ4v) is 5.35. The van der Waals surface area contributed by atoms with Gasteiger partial charge in [-0.15, -0.1) is 0 Å². The Morgan fingerprint density at radius 3 is 2.48 bits per heavy atom. The number of imide groups is 1. The molecule has 2 aliphatic rings. The molecule has 2 aromatic rings. The molecule has 0 radical (unpaired) electrons. The summed E-state index contributed by atoms with van der Waals surface area (Å²) in [6.07, 6.45) is 3.61. The molecule has 2 fully saturated rings. The molecule has 0 saturated carbocycles. The summed E-state index contributed by atoms with van der Waals surface area (Å²) < 4.78 is 2.01. The zero-order chi connectivity index (χ0) is 23.9. The third-order valence-corrected chi connectivity index (χ3v) is 7.87. The smallest absolute Gasteiger partial charge is 0.294 e. The fourth-order valence-electron chi connectivity index (χ4n) is 4.23. The molecule has 1 aromatic heterocycles. The minimum Gasteiger partial charge on any atom is -0.341 e. The number of nitrogens with zero attached hydrogens (tertiary/aromatic N) is 3. The van der Waals surface area contributed by atoms with Gasteiger partial charge in [-0.25, -0.2) is 0 Å². The van der Waals surface area contributed by atoms with Crippen molar-refractivity contribution in [3.8, 4) is 5.69 Å². The van der Waals surface area contributed by atoms with E-state index < -0.39 is 11.1 Å². The van der Waals surface area contributed by atoms with Crippen LogP contribution in [0.1, 0.15) is 36.7 Å². The number of amides is 3. The molecule has 0 bridgehead atoms. The normalized spacial score (nSPS) is 18.6. The van der Waals surface area contributed by atoms with Gasteiger partial charge in [0.1, 0.15) is 6.54 Å². The number of carbonyl (C=O) groups excluding carboxylic acids is 3. The standard InChI is InChI=1S/C24H25Cl2N3O3S/c1-14-6-8-27(9-7-14)22(30)13-28-23(31)21(33-24(28)32)11-17-10-15(2)29(16(17)3)18-4-5-19(25)20(26)12-18/h4-5,10-12,14H,6-9,13H2,1-3H3/b21-11-. The van der Waals surface area contributed by atoms with E-state index in [1.807, 2.05) is 30.5 Å². The Morgan fingerprint density at radius 1 is 1.12 bits per heavy atom. The van der Waals surface area contributed by atoms with E-state index in [-0.39, 0.29) is 12.5 Å². The second-order valence-electron chi connectivity index (χ2n) is 8.59. The largest absolute Gasteiger partial charge is 0.341 e. The number of hydrogen-bond acceptors (Lipinski definition) is 4. The van der Waals surface area contributed by atoms with E-state index in [1.165, 1.54) is 0 Å². The molecular formula is C24H25Cl2N3O3S. The lowest BCUT2D eigenvalue weighted by Gasteiger charge is -2.31. The van der Waals surface area contributed by atoms with Crippen molar-refractivity contribution in [2.45, 2.75) is 33.6 Å². The second kappa shape index (κ2) is 9.57. The number of halogens is 2. The van der Waals surface area contributed by atoms with Crippen LogP contribution in [0.4, 0.5) is 4.79 Å². The van der Waals surface area contributed by atoms with Gasteiger partial charge in [0.15, 0.2) is 0 Å². The molecule has 2 saturated heterocycles. The first kappa shape index (κ1) is 23.9. The highest BCUT2D eigenvalue weighted by molar-refractivity contribution is 8.18. The van der Waals surface area contributed by atoms with Crippen LogP contribution in [0.15, 0.2) is 29.2 Å². The van der Waals surface area contributed by atoms with Crippen molar-refractivity contribution in [1.29, 1.82) is 0 Å². The van der Waals surface area contributed by atoms with Crippen molar-refractivity contribution in [3.63, 3.8) is 0 Å². The molecule has 3 amide bonds. The van der Waals surface area contributed by atoms with Crippen LogP contribution in [-0.2, 0) is 9.59 Å². The summed E-state index contributed by atoms with van der Waals surface area (Å²) in [7, 11) is 0. The monoisotopic (exact) mass is 505 g/mol. The first-order valence-electron chi connectivity index (χ1n) is 10.8. The Hall–Kier alpha value is -2.22. The Bertz CT molecular complexity index is 1170. The molecule has 33 heavy (non-hydrogen) atoms. The summed E-state index contributed by atoms with van der Waals surface area (Å²) >= 11 is 13.1. The minimum absolute atomic E-state index is 0.178. The van der Waals surface area contributed by atoms with E-state index >= 15 is 0 Å². The highest BCUT2D eigenvalue weighted by atomic mass is 35.5. The molecule has 6 nitrogen and oxygen atoms in total. The lowest BCUT2D eigenvalue weighted by Crippen LogP contribution is -2.45. The van der Waals surface area contributed by atoms with Crippen LogP contribution in [0.3, 0.4) is 0 Å². The third-order valence-electron chi connectivity index (χ3n) is 6.22. The van der Waals surface area contributed by atoms with Crippen LogP contribution in [-0.4, -0.2) is 51.1 Å². The summed E-state index contributed by atoms with van der Waals surface area (Å²) in [5.74, 6) is -0.0107. The maximum Gasteiger partial charge on any atom is 0.294 e. The number of aryl methyl sites for hydroxylation is 1. The topological polar surface area (TPSA) is 62.6 Å². The predicted molar refractivity (Wildman–Crippen MR) is 133 cm³/mol. The van der Waals surface area contributed by atoms with Crippen molar-refractivity contribution in [2.24, 2.45) is 5.92 Å². The van der Waals surface area contributed by atoms with Gasteiger partial charge < -0.3 is 9.47 Å². The summed E-state index contributed by atoms with van der Waals surface area (Å²) in [6, 6.07) is 7.35. The van der Waals surface area contributed by atoms with Crippen molar-refractivity contribution in [1.82, 2.24) is 14.4 Å². The molecule has 9 heteroatoms. The zero-order valence-corrected chi connectivity index (χ0v) is 21.1. The number of likely N-dealkylation sites (tertiary alicyclic amines) is 1. The molecule has 4 rings (SSSR count). The van der Waals surface area contributed by atoms with Gasteiger partial charge in [-0.1, -0.05) is 30.1 Å². The molecule has 0 spiro atoms. The number of rotatable bonds is 4. The predicted octanol–water partition coefficient (Wildman–Crippen LogP) is 5.70. The van der Waals surface area contributed by atoms with Crippen LogP contribution in [0, 0.1) is 19.8 Å². The van der Waals surface area contributed by atoms with Crippen LogP contribution >= 0.6 is 35.0 Å². The molecule has 2 aliphatic heterocycles. The van der Waals surface area contributed by atoms with Crippen molar-refractivity contribution >= 4 is 58.1 Å². The number of thioether (sulfide) groups is 1. The Kier molecular flexibility index (Phi) is 6.93. The summed E-state index contributed by atoms with van der Waals surface area (Å²) in [4.78, 5) is 41.2. The van der Waals surface area contributed by atoms with E-state index in [4.69, 9.17) is 23.2 Å². The first-order valence-corrected chi connectivity index (χ1v) is 12.4. The fraction of sp³-hybridized carbons (Fsp3) is 0.375. The molecule has 0 atom stereocenters. The summed E-state index contributed by atoms with van der Waals surface area (Å²) in [6.45, 7) is 7.20. The molecule has 0 N–H and O–H groups in total. The SMILES string of the molecule is Cc1cc(/C=C2\SC(=O)N(CC(=O)N3CCC(C)CC3)C2=O)c(C)n1-c1ccc(Cl)c(Cl)c1. The van der Waals surface area contributed by atoms with Gasteiger partial charge in [-0.3, -0.25) is 19.3 Å². The average Bonchev–Trinajstić information content (AvgIpc) is 3.20. The van der Waals surface area contributed by atoms with E-state index in [2.05, 4.69) is 6.92 Å². The maximum absolute atomic E-state index is 13.0. The lowest BCUT2D eigenvalue weighted by molar-refractivity contribution is -0.136. The molecular weight excluding hydrogens is 481 g/mol. The third kappa shape index (κ3) is 4.86. The number of hydrogen-bond donors (Lipinski definition) is 0.